The van der Waals surface area contributed by atoms with Crippen molar-refractivity contribution < 1.29 is 4.74 Å². The molecule has 0 spiro atoms. The normalized spacial score (nSPS) is 10.8. The van der Waals surface area contributed by atoms with Crippen LogP contribution in [0.1, 0.15) is 22.5 Å². The molecule has 0 aliphatic rings. The number of hydrogen-bond acceptors (Lipinski definition) is 2. The predicted molar refractivity (Wildman–Crippen MR) is 83.3 cm³/mol. The highest BCUT2D eigenvalue weighted by atomic mass is 16.5. The summed E-state index contributed by atoms with van der Waals surface area (Å²) in [6.45, 7) is 6.24. The number of nitrogens with zero attached hydrogens (tertiary/aromatic N) is 1. The minimum atomic E-state index is 0.914. The summed E-state index contributed by atoms with van der Waals surface area (Å²) in [4.78, 5) is 0. The van der Waals surface area contributed by atoms with Crippen molar-refractivity contribution >= 4 is 0 Å². The number of hydrogen-bond donors (Lipinski definition) is 1. The Morgan fingerprint density at radius 3 is 2.40 bits per heavy atom. The van der Waals surface area contributed by atoms with E-state index in [1.807, 2.05) is 12.1 Å². The average molecular weight is 272 g/mol. The number of methoxy groups -OCH3 is 1. The summed E-state index contributed by atoms with van der Waals surface area (Å²) in [5.41, 5.74) is 5.38. The van der Waals surface area contributed by atoms with Crippen molar-refractivity contribution in [2.24, 2.45) is 7.05 Å². The summed E-state index contributed by atoms with van der Waals surface area (Å²) < 4.78 is 7.40. The molecule has 0 aliphatic carbocycles. The fraction of sp³-hybridized carbons (Fsp3) is 0.412. The Hall–Kier alpha value is -1.74. The van der Waals surface area contributed by atoms with E-state index in [9.17, 15) is 0 Å². The molecule has 2 rings (SSSR count). The molecular formula is C17H24N2O. The number of nitrogens with one attached hydrogen (secondary N) is 1. The lowest BCUT2D eigenvalue weighted by atomic mass is 10.1. The number of aromatic nitrogens is 1. The molecule has 0 aliphatic heterocycles. The van der Waals surface area contributed by atoms with E-state index in [4.69, 9.17) is 4.74 Å². The van der Waals surface area contributed by atoms with Crippen LogP contribution in [0.25, 0.3) is 0 Å². The summed E-state index contributed by atoms with van der Waals surface area (Å²) in [7, 11) is 3.81. The largest absolute Gasteiger partial charge is 0.497 e. The summed E-state index contributed by atoms with van der Waals surface area (Å²) in [6, 6.07) is 10.5. The van der Waals surface area contributed by atoms with E-state index in [1.54, 1.807) is 7.11 Å². The smallest absolute Gasteiger partial charge is 0.118 e. The molecule has 0 radical (unpaired) electrons. The summed E-state index contributed by atoms with van der Waals surface area (Å²) >= 11 is 0. The second-order valence-electron chi connectivity index (χ2n) is 5.23. The van der Waals surface area contributed by atoms with Gasteiger partial charge >= 0.3 is 0 Å². The van der Waals surface area contributed by atoms with Crippen molar-refractivity contribution in [2.75, 3.05) is 13.7 Å². The van der Waals surface area contributed by atoms with Crippen molar-refractivity contribution in [1.29, 1.82) is 0 Å². The third kappa shape index (κ3) is 3.42. The van der Waals surface area contributed by atoms with Crippen LogP contribution in [0, 0.1) is 13.8 Å². The fourth-order valence-corrected chi connectivity index (χ4v) is 2.36. The first-order chi connectivity index (χ1) is 9.61. The van der Waals surface area contributed by atoms with E-state index in [2.05, 4.69) is 49.0 Å². The molecule has 3 nitrogen and oxygen atoms in total. The molecule has 2 aromatic rings. The lowest BCUT2D eigenvalue weighted by Crippen LogP contribution is -2.17. The van der Waals surface area contributed by atoms with Gasteiger partial charge in [-0.25, -0.2) is 0 Å². The van der Waals surface area contributed by atoms with Gasteiger partial charge in [0.2, 0.25) is 0 Å². The molecule has 20 heavy (non-hydrogen) atoms. The molecule has 1 N–H and O–H groups in total. The molecule has 1 aromatic heterocycles. The van der Waals surface area contributed by atoms with E-state index in [-0.39, 0.29) is 0 Å². The van der Waals surface area contributed by atoms with Crippen LogP contribution < -0.4 is 10.1 Å². The van der Waals surface area contributed by atoms with E-state index >= 15 is 0 Å². The first-order valence-corrected chi connectivity index (χ1v) is 7.07. The summed E-state index contributed by atoms with van der Waals surface area (Å²) in [6.07, 6.45) is 1.04. The maximum atomic E-state index is 5.16. The van der Waals surface area contributed by atoms with Crippen LogP contribution in [0.2, 0.25) is 0 Å². The zero-order chi connectivity index (χ0) is 14.5. The molecule has 3 heteroatoms. The first kappa shape index (κ1) is 14.7. The zero-order valence-corrected chi connectivity index (χ0v) is 12.9. The Morgan fingerprint density at radius 1 is 1.15 bits per heavy atom. The molecule has 0 atom stereocenters. The van der Waals surface area contributed by atoms with Gasteiger partial charge in [0.1, 0.15) is 5.75 Å². The van der Waals surface area contributed by atoms with Gasteiger partial charge in [0.15, 0.2) is 0 Å². The number of aryl methyl sites for hydroxylation is 1. The maximum absolute atomic E-state index is 5.16. The average Bonchev–Trinajstić information content (AvgIpc) is 2.71. The number of ether oxygens (including phenoxy) is 1. The molecule has 1 aromatic carbocycles. The van der Waals surface area contributed by atoms with Gasteiger partial charge in [0.25, 0.3) is 0 Å². The standard InChI is InChI=1S/C17H24N2O/c1-13-11-16(14(2)19(13)3)12-18-10-9-15-5-7-17(20-4)8-6-15/h5-8,11,18H,9-10,12H2,1-4H3. The monoisotopic (exact) mass is 272 g/mol. The highest BCUT2D eigenvalue weighted by molar-refractivity contribution is 5.28. The van der Waals surface area contributed by atoms with Crippen molar-refractivity contribution in [3.05, 3.63) is 52.8 Å². The third-order valence-electron chi connectivity index (χ3n) is 3.94. The van der Waals surface area contributed by atoms with Gasteiger partial charge in [-0.1, -0.05) is 12.1 Å². The Balaban J connectivity index is 1.79. The Bertz CT molecular complexity index is 555. The summed E-state index contributed by atoms with van der Waals surface area (Å²) in [5.74, 6) is 0.914. The van der Waals surface area contributed by atoms with Gasteiger partial charge in [-0.3, -0.25) is 0 Å². The maximum Gasteiger partial charge on any atom is 0.118 e. The molecule has 0 fully saturated rings. The topological polar surface area (TPSA) is 26.2 Å². The highest BCUT2D eigenvalue weighted by Crippen LogP contribution is 2.13. The van der Waals surface area contributed by atoms with Crippen molar-refractivity contribution in [3.8, 4) is 5.75 Å². The Morgan fingerprint density at radius 2 is 1.85 bits per heavy atom. The van der Waals surface area contributed by atoms with Crippen LogP contribution in [0.4, 0.5) is 0 Å². The molecular weight excluding hydrogens is 248 g/mol. The molecule has 108 valence electrons. The van der Waals surface area contributed by atoms with Crippen LogP contribution in [-0.4, -0.2) is 18.2 Å². The highest BCUT2D eigenvalue weighted by Gasteiger charge is 2.05. The van der Waals surface area contributed by atoms with Crippen molar-refractivity contribution in [2.45, 2.75) is 26.8 Å². The third-order valence-corrected chi connectivity index (χ3v) is 3.94. The van der Waals surface area contributed by atoms with Crippen molar-refractivity contribution in [1.82, 2.24) is 9.88 Å². The van der Waals surface area contributed by atoms with E-state index < -0.39 is 0 Å². The van der Waals surface area contributed by atoms with E-state index in [0.29, 0.717) is 0 Å². The van der Waals surface area contributed by atoms with Crippen LogP contribution in [0.3, 0.4) is 0 Å². The molecule has 0 unspecified atom stereocenters. The first-order valence-electron chi connectivity index (χ1n) is 7.07. The van der Waals surface area contributed by atoms with Gasteiger partial charge in [0.05, 0.1) is 7.11 Å². The second-order valence-corrected chi connectivity index (χ2v) is 5.23. The minimum absolute atomic E-state index is 0.914. The number of benzene rings is 1. The minimum Gasteiger partial charge on any atom is -0.497 e. The van der Waals surface area contributed by atoms with Gasteiger partial charge in [-0.15, -0.1) is 0 Å². The number of rotatable bonds is 6. The van der Waals surface area contributed by atoms with Gasteiger partial charge in [-0.05, 0) is 56.1 Å². The van der Waals surface area contributed by atoms with E-state index in [0.717, 1.165) is 25.3 Å². The molecule has 0 amide bonds. The fourth-order valence-electron chi connectivity index (χ4n) is 2.36. The van der Waals surface area contributed by atoms with Gasteiger partial charge < -0.3 is 14.6 Å². The molecule has 0 saturated carbocycles. The quantitative estimate of drug-likeness (QED) is 0.818. The molecule has 0 saturated heterocycles. The van der Waals surface area contributed by atoms with E-state index in [1.165, 1.54) is 22.5 Å². The lowest BCUT2D eigenvalue weighted by molar-refractivity contribution is 0.414. The molecule has 1 heterocycles. The van der Waals surface area contributed by atoms with Crippen LogP contribution >= 0.6 is 0 Å². The second kappa shape index (κ2) is 6.62. The van der Waals surface area contributed by atoms with Crippen LogP contribution in [-0.2, 0) is 20.0 Å². The predicted octanol–water partition coefficient (Wildman–Crippen LogP) is 2.98. The van der Waals surface area contributed by atoms with Gasteiger partial charge in [0, 0.05) is 25.0 Å². The Labute approximate surface area is 121 Å². The Kier molecular flexibility index (Phi) is 4.85. The molecule has 0 bridgehead atoms. The zero-order valence-electron chi connectivity index (χ0n) is 12.9. The van der Waals surface area contributed by atoms with Gasteiger partial charge in [-0.2, -0.15) is 0 Å². The van der Waals surface area contributed by atoms with Crippen LogP contribution in [0.15, 0.2) is 30.3 Å². The van der Waals surface area contributed by atoms with Crippen molar-refractivity contribution in [3.63, 3.8) is 0 Å². The lowest BCUT2D eigenvalue weighted by Gasteiger charge is -2.06. The SMILES string of the molecule is COc1ccc(CCNCc2cc(C)n(C)c2C)cc1. The van der Waals surface area contributed by atoms with Crippen LogP contribution in [0.5, 0.6) is 5.75 Å². The summed E-state index contributed by atoms with van der Waals surface area (Å²) in [5, 5.41) is 3.52.